The van der Waals surface area contributed by atoms with Crippen LogP contribution in [0.2, 0.25) is 5.15 Å². The van der Waals surface area contributed by atoms with Crippen molar-refractivity contribution in [3.05, 3.63) is 16.3 Å². The topological polar surface area (TPSA) is 47.0 Å². The Bertz CT molecular complexity index is 397. The molecule has 2 heterocycles. The SMILES string of the molecule is Cc1c(Cl)nnc(NC2CCOC2C)c1C. The van der Waals surface area contributed by atoms with Crippen LogP contribution in [-0.4, -0.2) is 29.0 Å². The van der Waals surface area contributed by atoms with E-state index in [1.807, 2.05) is 13.8 Å². The Morgan fingerprint density at radius 1 is 1.31 bits per heavy atom. The lowest BCUT2D eigenvalue weighted by molar-refractivity contribution is 0.121. The molecular formula is C11H16ClN3O. The predicted molar refractivity (Wildman–Crippen MR) is 64.0 cm³/mol. The highest BCUT2D eigenvalue weighted by Crippen LogP contribution is 2.23. The van der Waals surface area contributed by atoms with E-state index in [2.05, 4.69) is 22.4 Å². The van der Waals surface area contributed by atoms with Crippen LogP contribution in [0.3, 0.4) is 0 Å². The first kappa shape index (κ1) is 11.6. The lowest BCUT2D eigenvalue weighted by Gasteiger charge is -2.18. The molecule has 1 N–H and O–H groups in total. The Kier molecular flexibility index (Phi) is 3.30. The van der Waals surface area contributed by atoms with Crippen LogP contribution in [0.5, 0.6) is 0 Å². The number of ether oxygens (including phenoxy) is 1. The van der Waals surface area contributed by atoms with Crippen molar-refractivity contribution in [2.75, 3.05) is 11.9 Å². The van der Waals surface area contributed by atoms with E-state index in [0.29, 0.717) is 11.2 Å². The number of halogens is 1. The molecule has 0 bridgehead atoms. The molecule has 4 nitrogen and oxygen atoms in total. The molecule has 0 radical (unpaired) electrons. The van der Waals surface area contributed by atoms with Gasteiger partial charge in [0.1, 0.15) is 0 Å². The Hall–Kier alpha value is -0.870. The molecule has 2 rings (SSSR count). The van der Waals surface area contributed by atoms with Crippen LogP contribution >= 0.6 is 11.6 Å². The van der Waals surface area contributed by atoms with Crippen LogP contribution in [0.1, 0.15) is 24.5 Å². The maximum atomic E-state index is 5.91. The van der Waals surface area contributed by atoms with Gasteiger partial charge < -0.3 is 10.1 Å². The van der Waals surface area contributed by atoms with Gasteiger partial charge in [0.2, 0.25) is 0 Å². The third kappa shape index (κ3) is 2.13. The summed E-state index contributed by atoms with van der Waals surface area (Å²) >= 11 is 5.91. The number of nitrogens with one attached hydrogen (secondary N) is 1. The van der Waals surface area contributed by atoms with Gasteiger partial charge in [-0.05, 0) is 38.3 Å². The van der Waals surface area contributed by atoms with Crippen LogP contribution in [0.15, 0.2) is 0 Å². The number of rotatable bonds is 2. The van der Waals surface area contributed by atoms with E-state index >= 15 is 0 Å². The van der Waals surface area contributed by atoms with Crippen LogP contribution in [0.25, 0.3) is 0 Å². The van der Waals surface area contributed by atoms with Crippen molar-refractivity contribution in [1.29, 1.82) is 0 Å². The predicted octanol–water partition coefficient (Wildman–Crippen LogP) is 2.34. The van der Waals surface area contributed by atoms with Crippen molar-refractivity contribution in [2.24, 2.45) is 0 Å². The molecule has 1 aliphatic rings. The number of hydrogen-bond acceptors (Lipinski definition) is 4. The second kappa shape index (κ2) is 4.55. The van der Waals surface area contributed by atoms with Crippen molar-refractivity contribution in [1.82, 2.24) is 10.2 Å². The van der Waals surface area contributed by atoms with Gasteiger partial charge in [0.25, 0.3) is 0 Å². The molecule has 88 valence electrons. The quantitative estimate of drug-likeness (QED) is 0.864. The maximum Gasteiger partial charge on any atom is 0.155 e. The van der Waals surface area contributed by atoms with Crippen LogP contribution in [0.4, 0.5) is 5.82 Å². The molecule has 2 atom stereocenters. The molecule has 0 aliphatic carbocycles. The summed E-state index contributed by atoms with van der Waals surface area (Å²) in [5.41, 5.74) is 2.03. The van der Waals surface area contributed by atoms with E-state index in [4.69, 9.17) is 16.3 Å². The molecule has 1 aromatic heterocycles. The Balaban J connectivity index is 2.18. The molecule has 0 aromatic carbocycles. The highest BCUT2D eigenvalue weighted by Gasteiger charge is 2.25. The second-order valence-corrected chi connectivity index (χ2v) is 4.56. The minimum absolute atomic E-state index is 0.220. The van der Waals surface area contributed by atoms with Crippen LogP contribution in [-0.2, 0) is 4.74 Å². The smallest absolute Gasteiger partial charge is 0.155 e. The van der Waals surface area contributed by atoms with Gasteiger partial charge in [-0.1, -0.05) is 11.6 Å². The fourth-order valence-electron chi connectivity index (χ4n) is 1.81. The molecule has 0 saturated carbocycles. The lowest BCUT2D eigenvalue weighted by atomic mass is 10.1. The molecule has 2 unspecified atom stereocenters. The normalized spacial score (nSPS) is 24.8. The Morgan fingerprint density at radius 3 is 2.69 bits per heavy atom. The van der Waals surface area contributed by atoms with Crippen molar-refractivity contribution < 1.29 is 4.74 Å². The zero-order chi connectivity index (χ0) is 11.7. The molecule has 16 heavy (non-hydrogen) atoms. The monoisotopic (exact) mass is 241 g/mol. The summed E-state index contributed by atoms with van der Waals surface area (Å²) in [5.74, 6) is 0.809. The first-order valence-corrected chi connectivity index (χ1v) is 5.85. The van der Waals surface area contributed by atoms with Crippen molar-refractivity contribution >= 4 is 17.4 Å². The second-order valence-electron chi connectivity index (χ2n) is 4.20. The minimum Gasteiger partial charge on any atom is -0.376 e. The molecule has 0 spiro atoms. The fraction of sp³-hybridized carbons (Fsp3) is 0.636. The molecular weight excluding hydrogens is 226 g/mol. The number of nitrogens with zero attached hydrogens (tertiary/aromatic N) is 2. The molecule has 1 aromatic rings. The molecule has 5 heteroatoms. The zero-order valence-electron chi connectivity index (χ0n) is 9.75. The van der Waals surface area contributed by atoms with Gasteiger partial charge in [-0.2, -0.15) is 0 Å². The highest BCUT2D eigenvalue weighted by molar-refractivity contribution is 6.30. The number of hydrogen-bond donors (Lipinski definition) is 1. The summed E-state index contributed by atoms with van der Waals surface area (Å²) in [5, 5.41) is 11.8. The average molecular weight is 242 g/mol. The van der Waals surface area contributed by atoms with Crippen molar-refractivity contribution in [2.45, 2.75) is 39.3 Å². The highest BCUT2D eigenvalue weighted by atomic mass is 35.5. The molecule has 0 amide bonds. The van der Waals surface area contributed by atoms with Crippen molar-refractivity contribution in [3.8, 4) is 0 Å². The van der Waals surface area contributed by atoms with Gasteiger partial charge in [-0.15, -0.1) is 10.2 Å². The molecule has 1 fully saturated rings. The first-order chi connectivity index (χ1) is 7.59. The van der Waals surface area contributed by atoms with Gasteiger partial charge in [-0.25, -0.2) is 0 Å². The maximum absolute atomic E-state index is 5.91. The van der Waals surface area contributed by atoms with E-state index in [-0.39, 0.29) is 6.10 Å². The van der Waals surface area contributed by atoms with Gasteiger partial charge in [-0.3, -0.25) is 0 Å². The molecule has 1 aliphatic heterocycles. The van der Waals surface area contributed by atoms with Gasteiger partial charge in [0.05, 0.1) is 12.1 Å². The van der Waals surface area contributed by atoms with Crippen molar-refractivity contribution in [3.63, 3.8) is 0 Å². The van der Waals surface area contributed by atoms with E-state index in [1.165, 1.54) is 0 Å². The third-order valence-corrected chi connectivity index (χ3v) is 3.52. The standard InChI is InChI=1S/C11H16ClN3O/c1-6-7(2)11(15-14-10(6)12)13-9-4-5-16-8(9)3/h8-9H,4-5H2,1-3H3,(H,13,15). The van der Waals surface area contributed by atoms with E-state index in [0.717, 1.165) is 30.0 Å². The summed E-state index contributed by atoms with van der Waals surface area (Å²) in [4.78, 5) is 0. The van der Waals surface area contributed by atoms with Crippen LogP contribution < -0.4 is 5.32 Å². The van der Waals surface area contributed by atoms with Gasteiger partial charge in [0.15, 0.2) is 11.0 Å². The lowest BCUT2D eigenvalue weighted by Crippen LogP contribution is -2.27. The number of aromatic nitrogens is 2. The van der Waals surface area contributed by atoms with E-state index in [1.54, 1.807) is 0 Å². The summed E-state index contributed by atoms with van der Waals surface area (Å²) in [6.45, 7) is 6.82. The van der Waals surface area contributed by atoms with Gasteiger partial charge >= 0.3 is 0 Å². The Labute approximate surface area is 100 Å². The average Bonchev–Trinajstić information content (AvgIpc) is 2.65. The largest absolute Gasteiger partial charge is 0.376 e. The van der Waals surface area contributed by atoms with E-state index < -0.39 is 0 Å². The summed E-state index contributed by atoms with van der Waals surface area (Å²) in [7, 11) is 0. The van der Waals surface area contributed by atoms with E-state index in [9.17, 15) is 0 Å². The summed E-state index contributed by atoms with van der Waals surface area (Å²) < 4.78 is 5.49. The summed E-state index contributed by atoms with van der Waals surface area (Å²) in [6, 6.07) is 0.313. The minimum atomic E-state index is 0.220. The van der Waals surface area contributed by atoms with Crippen LogP contribution in [0, 0.1) is 13.8 Å². The first-order valence-electron chi connectivity index (χ1n) is 5.47. The fourth-order valence-corrected chi connectivity index (χ4v) is 1.99. The third-order valence-electron chi connectivity index (χ3n) is 3.16. The summed E-state index contributed by atoms with van der Waals surface area (Å²) in [6.07, 6.45) is 1.22. The zero-order valence-corrected chi connectivity index (χ0v) is 10.5. The Morgan fingerprint density at radius 2 is 2.06 bits per heavy atom. The molecule has 1 saturated heterocycles. The number of anilines is 1. The van der Waals surface area contributed by atoms with Gasteiger partial charge in [0, 0.05) is 6.61 Å².